The number of alkyl halides is 6. The number of benzene rings is 2. The second-order valence-electron chi connectivity index (χ2n) is 10.2. The van der Waals surface area contributed by atoms with Crippen molar-refractivity contribution in [3.8, 4) is 11.6 Å². The second-order valence-corrected chi connectivity index (χ2v) is 10.6. The minimum Gasteiger partial charge on any atom is -0.478 e. The number of ether oxygens (including phenoxy) is 2. The lowest BCUT2D eigenvalue weighted by molar-refractivity contribution is -0.281. The van der Waals surface area contributed by atoms with E-state index < -0.39 is 58.5 Å². The van der Waals surface area contributed by atoms with Gasteiger partial charge in [0.15, 0.2) is 5.60 Å². The predicted molar refractivity (Wildman–Crippen MR) is 141 cm³/mol. The Balaban J connectivity index is 1.48. The number of imidazole rings is 1. The van der Waals surface area contributed by atoms with Crippen LogP contribution >= 0.6 is 11.6 Å². The first-order chi connectivity index (χ1) is 20.0. The zero-order valence-corrected chi connectivity index (χ0v) is 23.3. The third-order valence-corrected chi connectivity index (χ3v) is 8.19. The van der Waals surface area contributed by atoms with Crippen LogP contribution in [-0.4, -0.2) is 38.0 Å². The molecule has 2 unspecified atom stereocenters. The predicted octanol–water partition coefficient (Wildman–Crippen LogP) is 6.64. The molecule has 1 aliphatic heterocycles. The number of hydrogen-bond donors (Lipinski definition) is 1. The van der Waals surface area contributed by atoms with E-state index in [0.717, 1.165) is 0 Å². The van der Waals surface area contributed by atoms with Crippen molar-refractivity contribution in [3.05, 3.63) is 86.4 Å². The summed E-state index contributed by atoms with van der Waals surface area (Å²) in [4.78, 5) is 27.1. The first kappa shape index (κ1) is 30.4. The number of aromatic nitrogens is 3. The van der Waals surface area contributed by atoms with Crippen LogP contribution < -0.4 is 10.4 Å². The largest absolute Gasteiger partial charge is 0.478 e. The summed E-state index contributed by atoms with van der Waals surface area (Å²) in [6.07, 6.45) is -9.35. The van der Waals surface area contributed by atoms with Gasteiger partial charge in [-0.3, -0.25) is 9.13 Å². The molecule has 0 amide bonds. The van der Waals surface area contributed by atoms with E-state index in [9.17, 15) is 35.9 Å². The first-order valence-corrected chi connectivity index (χ1v) is 13.0. The van der Waals surface area contributed by atoms with Gasteiger partial charge < -0.3 is 14.6 Å². The third kappa shape index (κ3) is 4.91. The minimum absolute atomic E-state index is 0.0324. The average molecular weight is 630 g/mol. The Labute approximate surface area is 244 Å². The number of aromatic carboxylic acids is 1. The van der Waals surface area contributed by atoms with Gasteiger partial charge in [0.05, 0.1) is 28.8 Å². The van der Waals surface area contributed by atoms with Crippen LogP contribution in [0.5, 0.6) is 11.6 Å². The summed E-state index contributed by atoms with van der Waals surface area (Å²) in [6.45, 7) is 1.02. The Hall–Kier alpha value is -4.04. The number of carbonyl (C=O) groups is 1. The maximum Gasteiger partial charge on any atom is 0.421 e. The SMILES string of the molecule is C[C@H]1C(c2ccc(Oc3cc(C(F)(F)F)c(C(=O)O)cn3)cc2Cl)COC1(c1ccc2c(c1)n(C)c(=O)n2C)C(F)(F)F. The molecule has 0 bridgehead atoms. The smallest absolute Gasteiger partial charge is 0.421 e. The van der Waals surface area contributed by atoms with Gasteiger partial charge in [-0.05, 0) is 35.4 Å². The molecule has 0 radical (unpaired) electrons. The Morgan fingerprint density at radius 1 is 1.07 bits per heavy atom. The van der Waals surface area contributed by atoms with E-state index in [1.165, 1.54) is 66.6 Å². The van der Waals surface area contributed by atoms with E-state index >= 15 is 0 Å². The number of nitrogens with zero attached hydrogens (tertiary/aromatic N) is 3. The van der Waals surface area contributed by atoms with Crippen LogP contribution in [0.3, 0.4) is 0 Å². The number of pyridine rings is 1. The van der Waals surface area contributed by atoms with E-state index in [2.05, 4.69) is 4.98 Å². The number of aryl methyl sites for hydroxylation is 2. The van der Waals surface area contributed by atoms with Crippen molar-refractivity contribution in [2.75, 3.05) is 6.61 Å². The van der Waals surface area contributed by atoms with Crippen molar-refractivity contribution in [1.82, 2.24) is 14.1 Å². The van der Waals surface area contributed by atoms with Crippen molar-refractivity contribution in [2.45, 2.75) is 30.8 Å². The van der Waals surface area contributed by atoms with Crippen LogP contribution in [0.2, 0.25) is 5.02 Å². The molecular weight excluding hydrogens is 608 g/mol. The van der Waals surface area contributed by atoms with E-state index in [1.54, 1.807) is 0 Å². The molecule has 2 aromatic carbocycles. The monoisotopic (exact) mass is 629 g/mol. The summed E-state index contributed by atoms with van der Waals surface area (Å²) in [6, 6.07) is 8.33. The number of carboxylic acid groups (broad SMARTS) is 1. The molecule has 4 aromatic rings. The lowest BCUT2D eigenvalue weighted by Gasteiger charge is -2.36. The molecule has 0 saturated carbocycles. The van der Waals surface area contributed by atoms with Crippen LogP contribution in [-0.2, 0) is 30.6 Å². The first-order valence-electron chi connectivity index (χ1n) is 12.6. The molecule has 1 fully saturated rings. The van der Waals surface area contributed by atoms with Crippen LogP contribution in [0.25, 0.3) is 11.0 Å². The van der Waals surface area contributed by atoms with Crippen LogP contribution in [0, 0.1) is 5.92 Å². The molecule has 1 N–H and O–H groups in total. The number of fused-ring (bicyclic) bond motifs is 1. The number of hydrogen-bond acceptors (Lipinski definition) is 5. The normalized spacial score (nSPS) is 21.0. The highest BCUT2D eigenvalue weighted by Gasteiger charge is 2.65. The fourth-order valence-corrected chi connectivity index (χ4v) is 5.93. The van der Waals surface area contributed by atoms with Crippen LogP contribution in [0.1, 0.15) is 39.9 Å². The number of halogens is 7. The van der Waals surface area contributed by atoms with Gasteiger partial charge in [-0.25, -0.2) is 14.6 Å². The van der Waals surface area contributed by atoms with Gasteiger partial charge in [0.1, 0.15) is 5.75 Å². The fraction of sp³-hybridized carbons (Fsp3) is 0.321. The Morgan fingerprint density at radius 2 is 1.74 bits per heavy atom. The Kier molecular flexibility index (Phi) is 7.29. The highest BCUT2D eigenvalue weighted by Crippen LogP contribution is 2.57. The molecular formula is C28H22ClF6N3O5. The topological polar surface area (TPSA) is 95.6 Å². The molecule has 15 heteroatoms. The van der Waals surface area contributed by atoms with Gasteiger partial charge in [0.2, 0.25) is 5.88 Å². The molecule has 1 saturated heterocycles. The Bertz CT molecular complexity index is 1820. The standard InChI is InChI=1S/C28H22ClF6N3O5/c1-13-18(12-42-26(13,28(33,34)35)14-4-7-21-22(8-14)38(3)25(41)37(21)2)16-6-5-15(9-20(16)29)43-23-10-19(27(30,31)32)17(11-36-23)24(39)40/h4-11,13,18H,12H2,1-3H3,(H,39,40)/t13-,18?,26?/m0/s1. The fourth-order valence-electron chi connectivity index (χ4n) is 5.62. The molecule has 3 heterocycles. The second kappa shape index (κ2) is 10.3. The molecule has 3 atom stereocenters. The van der Waals surface area contributed by atoms with Crippen molar-refractivity contribution < 1.29 is 45.7 Å². The third-order valence-electron chi connectivity index (χ3n) is 7.87. The van der Waals surface area contributed by atoms with Crippen LogP contribution in [0.4, 0.5) is 26.3 Å². The summed E-state index contributed by atoms with van der Waals surface area (Å²) in [5.74, 6) is -4.53. The van der Waals surface area contributed by atoms with E-state index in [4.69, 9.17) is 26.2 Å². The lowest BCUT2D eigenvalue weighted by Crippen LogP contribution is -2.46. The van der Waals surface area contributed by atoms with Crippen LogP contribution in [0.15, 0.2) is 53.5 Å². The molecule has 2 aromatic heterocycles. The highest BCUT2D eigenvalue weighted by molar-refractivity contribution is 6.31. The molecule has 1 aliphatic rings. The Morgan fingerprint density at radius 3 is 2.35 bits per heavy atom. The van der Waals surface area contributed by atoms with Crippen molar-refractivity contribution >= 4 is 28.6 Å². The summed E-state index contributed by atoms with van der Waals surface area (Å²) < 4.78 is 98.2. The van der Waals surface area contributed by atoms with Gasteiger partial charge in [0, 0.05) is 43.2 Å². The quantitative estimate of drug-likeness (QED) is 0.249. The molecule has 0 spiro atoms. The van der Waals surface area contributed by atoms with Crippen molar-refractivity contribution in [3.63, 3.8) is 0 Å². The zero-order chi connectivity index (χ0) is 31.6. The minimum atomic E-state index is -5.00. The van der Waals surface area contributed by atoms with E-state index in [0.29, 0.717) is 23.3 Å². The summed E-state index contributed by atoms with van der Waals surface area (Å²) in [5.41, 5.74) is -4.83. The van der Waals surface area contributed by atoms with Gasteiger partial charge in [-0.15, -0.1) is 0 Å². The molecule has 8 nitrogen and oxygen atoms in total. The van der Waals surface area contributed by atoms with E-state index in [-0.39, 0.29) is 28.5 Å². The van der Waals surface area contributed by atoms with Gasteiger partial charge >= 0.3 is 24.0 Å². The highest BCUT2D eigenvalue weighted by atomic mass is 35.5. The zero-order valence-electron chi connectivity index (χ0n) is 22.5. The molecule has 43 heavy (non-hydrogen) atoms. The van der Waals surface area contributed by atoms with Crippen molar-refractivity contribution in [2.24, 2.45) is 20.0 Å². The van der Waals surface area contributed by atoms with Gasteiger partial charge in [0.25, 0.3) is 0 Å². The average Bonchev–Trinajstić information content (AvgIpc) is 3.38. The number of rotatable bonds is 5. The molecule has 228 valence electrons. The summed E-state index contributed by atoms with van der Waals surface area (Å²) in [5, 5.41) is 9.01. The maximum absolute atomic E-state index is 14.9. The van der Waals surface area contributed by atoms with Crippen molar-refractivity contribution in [1.29, 1.82) is 0 Å². The van der Waals surface area contributed by atoms with E-state index in [1.807, 2.05) is 0 Å². The van der Waals surface area contributed by atoms with Gasteiger partial charge in [-0.2, -0.15) is 26.3 Å². The van der Waals surface area contributed by atoms with Gasteiger partial charge in [-0.1, -0.05) is 30.7 Å². The molecule has 5 rings (SSSR count). The number of carboxylic acids is 1. The maximum atomic E-state index is 14.9. The lowest BCUT2D eigenvalue weighted by atomic mass is 9.75. The summed E-state index contributed by atoms with van der Waals surface area (Å²) in [7, 11) is 2.97. The summed E-state index contributed by atoms with van der Waals surface area (Å²) >= 11 is 6.45. The molecule has 0 aliphatic carbocycles.